The number of benzene rings is 2. The predicted molar refractivity (Wildman–Crippen MR) is 123 cm³/mol. The fourth-order valence-corrected chi connectivity index (χ4v) is 4.09. The number of carbonyl (C=O) groups is 2. The molecule has 2 aromatic rings. The predicted octanol–water partition coefficient (Wildman–Crippen LogP) is 5.39. The maximum atomic E-state index is 12.9. The van der Waals surface area contributed by atoms with Crippen LogP contribution in [0.25, 0.3) is 6.08 Å². The summed E-state index contributed by atoms with van der Waals surface area (Å²) in [6.45, 7) is 8.96. The van der Waals surface area contributed by atoms with E-state index >= 15 is 0 Å². The SMILES string of the molecule is CCN1C(=O)C(=Cc2ccc(C(C)(C)C)cc2)SC1=Nc1cccc(C(=O)OC)c1. The van der Waals surface area contributed by atoms with Gasteiger partial charge in [0.2, 0.25) is 0 Å². The van der Waals surface area contributed by atoms with Crippen LogP contribution in [0.4, 0.5) is 5.69 Å². The second-order valence-corrected chi connectivity index (χ2v) is 8.98. The quantitative estimate of drug-likeness (QED) is 0.489. The van der Waals surface area contributed by atoms with E-state index in [4.69, 9.17) is 4.74 Å². The Balaban J connectivity index is 1.89. The lowest BCUT2D eigenvalue weighted by Gasteiger charge is -2.18. The van der Waals surface area contributed by atoms with Gasteiger partial charge in [-0.05, 0) is 59.5 Å². The average Bonchev–Trinajstić information content (AvgIpc) is 3.01. The fourth-order valence-electron chi connectivity index (χ4n) is 3.03. The molecule has 1 heterocycles. The lowest BCUT2D eigenvalue weighted by atomic mass is 9.87. The number of likely N-dealkylation sites (N-methyl/N-ethyl adjacent to an activating group) is 1. The maximum Gasteiger partial charge on any atom is 0.337 e. The summed E-state index contributed by atoms with van der Waals surface area (Å²) in [4.78, 5) is 31.5. The summed E-state index contributed by atoms with van der Waals surface area (Å²) in [6.07, 6.45) is 1.90. The van der Waals surface area contributed by atoms with Crippen LogP contribution in [0.2, 0.25) is 0 Å². The molecule has 30 heavy (non-hydrogen) atoms. The summed E-state index contributed by atoms with van der Waals surface area (Å²) in [7, 11) is 1.34. The first kappa shape index (κ1) is 21.8. The molecule has 3 rings (SSSR count). The zero-order chi connectivity index (χ0) is 21.9. The number of carbonyl (C=O) groups excluding carboxylic acids is 2. The molecule has 0 unspecified atom stereocenters. The number of hydrogen-bond donors (Lipinski definition) is 0. The molecule has 0 aliphatic carbocycles. The Hall–Kier alpha value is -2.86. The molecule has 0 N–H and O–H groups in total. The number of amidine groups is 1. The van der Waals surface area contributed by atoms with Gasteiger partial charge in [-0.15, -0.1) is 0 Å². The Morgan fingerprint density at radius 3 is 2.47 bits per heavy atom. The standard InChI is InChI=1S/C24H26N2O3S/c1-6-26-21(27)20(14-16-10-12-18(13-11-16)24(2,3)4)30-23(26)25-19-9-7-8-17(15-19)22(28)29-5/h7-15H,6H2,1-5H3. The molecule has 5 nitrogen and oxygen atoms in total. The molecule has 0 radical (unpaired) electrons. The third-order valence-electron chi connectivity index (χ3n) is 4.77. The largest absolute Gasteiger partial charge is 0.465 e. The van der Waals surface area contributed by atoms with E-state index in [0.29, 0.717) is 27.9 Å². The molecule has 156 valence electrons. The molecule has 1 amide bonds. The summed E-state index contributed by atoms with van der Waals surface area (Å²) < 4.78 is 4.77. The number of methoxy groups -OCH3 is 1. The minimum Gasteiger partial charge on any atom is -0.465 e. The summed E-state index contributed by atoms with van der Waals surface area (Å²) in [6, 6.07) is 15.1. The van der Waals surface area contributed by atoms with Crippen LogP contribution in [0.5, 0.6) is 0 Å². The first-order valence-corrected chi connectivity index (χ1v) is 10.6. The zero-order valence-electron chi connectivity index (χ0n) is 17.9. The molecule has 1 aliphatic rings. The number of nitrogens with zero attached hydrogens (tertiary/aromatic N) is 2. The second-order valence-electron chi connectivity index (χ2n) is 7.97. The van der Waals surface area contributed by atoms with Crippen LogP contribution >= 0.6 is 11.8 Å². The molecule has 6 heteroatoms. The highest BCUT2D eigenvalue weighted by Gasteiger charge is 2.32. The van der Waals surface area contributed by atoms with E-state index in [1.165, 1.54) is 24.4 Å². The minimum atomic E-state index is -0.418. The number of rotatable bonds is 4. The van der Waals surface area contributed by atoms with Gasteiger partial charge in [0.25, 0.3) is 5.91 Å². The lowest BCUT2D eigenvalue weighted by Crippen LogP contribution is -2.28. The number of thioether (sulfide) groups is 1. The molecule has 1 fully saturated rings. The highest BCUT2D eigenvalue weighted by atomic mass is 32.2. The molecular weight excluding hydrogens is 396 g/mol. The summed E-state index contributed by atoms with van der Waals surface area (Å²) >= 11 is 1.34. The van der Waals surface area contributed by atoms with Crippen molar-refractivity contribution in [2.75, 3.05) is 13.7 Å². The lowest BCUT2D eigenvalue weighted by molar-refractivity contribution is -0.122. The zero-order valence-corrected chi connectivity index (χ0v) is 18.7. The Labute approximate surface area is 181 Å². The first-order valence-electron chi connectivity index (χ1n) is 9.82. The number of ether oxygens (including phenoxy) is 1. The Morgan fingerprint density at radius 1 is 1.17 bits per heavy atom. The topological polar surface area (TPSA) is 59.0 Å². The molecule has 1 saturated heterocycles. The van der Waals surface area contributed by atoms with Crippen molar-refractivity contribution in [1.29, 1.82) is 0 Å². The van der Waals surface area contributed by atoms with Gasteiger partial charge in [0, 0.05) is 6.54 Å². The van der Waals surface area contributed by atoms with Crippen molar-refractivity contribution in [3.8, 4) is 0 Å². The molecule has 0 bridgehead atoms. The van der Waals surface area contributed by atoms with Crippen molar-refractivity contribution >= 4 is 40.6 Å². The average molecular weight is 423 g/mol. The normalized spacial score (nSPS) is 17.1. The van der Waals surface area contributed by atoms with Crippen molar-refractivity contribution in [2.24, 2.45) is 4.99 Å². The first-order chi connectivity index (χ1) is 14.2. The van der Waals surface area contributed by atoms with E-state index in [1.807, 2.05) is 25.1 Å². The van der Waals surface area contributed by atoms with Gasteiger partial charge in [-0.3, -0.25) is 9.69 Å². The van der Waals surface area contributed by atoms with Crippen LogP contribution in [-0.2, 0) is 14.9 Å². The summed E-state index contributed by atoms with van der Waals surface area (Å²) in [5.74, 6) is -0.482. The van der Waals surface area contributed by atoms with Gasteiger partial charge < -0.3 is 4.74 Å². The number of aliphatic imine (C=N–C) groups is 1. The highest BCUT2D eigenvalue weighted by Crippen LogP contribution is 2.34. The molecule has 2 aromatic carbocycles. The number of hydrogen-bond acceptors (Lipinski definition) is 5. The van der Waals surface area contributed by atoms with E-state index in [1.54, 1.807) is 29.2 Å². The van der Waals surface area contributed by atoms with Crippen molar-refractivity contribution in [3.63, 3.8) is 0 Å². The summed E-state index contributed by atoms with van der Waals surface area (Å²) in [5.41, 5.74) is 3.33. The molecule has 0 atom stereocenters. The van der Waals surface area contributed by atoms with Gasteiger partial charge in [-0.1, -0.05) is 51.1 Å². The van der Waals surface area contributed by atoms with Gasteiger partial charge in [0.1, 0.15) is 0 Å². The van der Waals surface area contributed by atoms with Gasteiger partial charge in [0.05, 0.1) is 23.3 Å². The Kier molecular flexibility index (Phi) is 6.46. The Morgan fingerprint density at radius 2 is 1.87 bits per heavy atom. The van der Waals surface area contributed by atoms with E-state index in [9.17, 15) is 9.59 Å². The number of esters is 1. The van der Waals surface area contributed by atoms with Crippen LogP contribution in [0.15, 0.2) is 58.4 Å². The third kappa shape index (κ3) is 4.82. The van der Waals surface area contributed by atoms with E-state index < -0.39 is 5.97 Å². The van der Waals surface area contributed by atoms with Crippen molar-refractivity contribution in [2.45, 2.75) is 33.1 Å². The van der Waals surface area contributed by atoms with Crippen LogP contribution < -0.4 is 0 Å². The minimum absolute atomic E-state index is 0.0646. The van der Waals surface area contributed by atoms with Crippen molar-refractivity contribution < 1.29 is 14.3 Å². The second kappa shape index (κ2) is 8.88. The van der Waals surface area contributed by atoms with Crippen LogP contribution in [0, 0.1) is 0 Å². The molecule has 0 spiro atoms. The van der Waals surface area contributed by atoms with Crippen LogP contribution in [-0.4, -0.2) is 35.6 Å². The smallest absolute Gasteiger partial charge is 0.337 e. The van der Waals surface area contributed by atoms with E-state index in [2.05, 4.69) is 37.9 Å². The van der Waals surface area contributed by atoms with E-state index in [0.717, 1.165) is 5.56 Å². The molecular formula is C24H26N2O3S. The fraction of sp³-hybridized carbons (Fsp3) is 0.292. The van der Waals surface area contributed by atoms with Crippen LogP contribution in [0.1, 0.15) is 49.2 Å². The molecule has 0 aromatic heterocycles. The van der Waals surface area contributed by atoms with Crippen LogP contribution in [0.3, 0.4) is 0 Å². The summed E-state index contributed by atoms with van der Waals surface area (Å²) in [5, 5.41) is 0.599. The van der Waals surface area contributed by atoms with Gasteiger partial charge >= 0.3 is 5.97 Å². The highest BCUT2D eigenvalue weighted by molar-refractivity contribution is 8.18. The van der Waals surface area contributed by atoms with Gasteiger partial charge in [0.15, 0.2) is 5.17 Å². The van der Waals surface area contributed by atoms with E-state index in [-0.39, 0.29) is 11.3 Å². The van der Waals surface area contributed by atoms with Gasteiger partial charge in [-0.25, -0.2) is 9.79 Å². The maximum absolute atomic E-state index is 12.9. The molecule has 1 aliphatic heterocycles. The van der Waals surface area contributed by atoms with Gasteiger partial charge in [-0.2, -0.15) is 0 Å². The van der Waals surface area contributed by atoms with Crippen molar-refractivity contribution in [1.82, 2.24) is 4.90 Å². The Bertz CT molecular complexity index is 1020. The van der Waals surface area contributed by atoms with Crippen molar-refractivity contribution in [3.05, 3.63) is 70.1 Å². The molecule has 0 saturated carbocycles. The number of amides is 1. The third-order valence-corrected chi connectivity index (χ3v) is 5.78. The monoisotopic (exact) mass is 422 g/mol.